The van der Waals surface area contributed by atoms with Crippen LogP contribution in [0.5, 0.6) is 0 Å². The summed E-state index contributed by atoms with van der Waals surface area (Å²) in [5.74, 6) is 0.969. The predicted molar refractivity (Wildman–Crippen MR) is 75.0 cm³/mol. The van der Waals surface area contributed by atoms with Crippen molar-refractivity contribution >= 4 is 22.9 Å². The van der Waals surface area contributed by atoms with Gasteiger partial charge in [0.25, 0.3) is 0 Å². The Bertz CT molecular complexity index is 539. The quantitative estimate of drug-likeness (QED) is 0.881. The van der Waals surface area contributed by atoms with Crippen LogP contribution in [-0.4, -0.2) is 40.4 Å². The van der Waals surface area contributed by atoms with E-state index in [-0.39, 0.29) is 5.91 Å². The number of hydrogen-bond acceptors (Lipinski definition) is 3. The van der Waals surface area contributed by atoms with Crippen LogP contribution in [0.25, 0.3) is 11.0 Å². The molecule has 1 aliphatic heterocycles. The van der Waals surface area contributed by atoms with E-state index in [9.17, 15) is 4.79 Å². The summed E-state index contributed by atoms with van der Waals surface area (Å²) in [7, 11) is 0. The van der Waals surface area contributed by atoms with Gasteiger partial charge in [-0.3, -0.25) is 4.79 Å². The third kappa shape index (κ3) is 2.70. The molecule has 1 fully saturated rings. The van der Waals surface area contributed by atoms with Crippen molar-refractivity contribution in [3.05, 3.63) is 24.3 Å². The molecule has 0 saturated carbocycles. The monoisotopic (exact) mass is 258 g/mol. The van der Waals surface area contributed by atoms with Gasteiger partial charge in [0.2, 0.25) is 11.9 Å². The Morgan fingerprint density at radius 1 is 1.32 bits per heavy atom. The Labute approximate surface area is 112 Å². The van der Waals surface area contributed by atoms with Crippen LogP contribution in [0.1, 0.15) is 19.3 Å². The minimum Gasteiger partial charge on any atom is -0.355 e. The van der Waals surface area contributed by atoms with E-state index in [0.717, 1.165) is 42.9 Å². The number of benzene rings is 1. The number of fused-ring (bicyclic) bond motifs is 1. The van der Waals surface area contributed by atoms with Crippen molar-refractivity contribution < 1.29 is 4.79 Å². The van der Waals surface area contributed by atoms with Crippen LogP contribution in [0.3, 0.4) is 0 Å². The fourth-order valence-corrected chi connectivity index (χ4v) is 2.45. The number of para-hydroxylation sites is 2. The maximum Gasteiger partial charge on any atom is 0.224 e. The Balaban J connectivity index is 1.53. The van der Waals surface area contributed by atoms with Gasteiger partial charge in [0.1, 0.15) is 0 Å². The number of carbonyl (C=O) groups is 1. The molecule has 2 heterocycles. The van der Waals surface area contributed by atoms with Gasteiger partial charge in [-0.05, 0) is 25.0 Å². The minimum absolute atomic E-state index is 0.237. The third-order valence-corrected chi connectivity index (χ3v) is 3.48. The van der Waals surface area contributed by atoms with E-state index in [1.807, 2.05) is 29.2 Å². The number of aromatic amines is 1. The molecule has 0 bridgehead atoms. The summed E-state index contributed by atoms with van der Waals surface area (Å²) in [6.45, 7) is 2.46. The lowest BCUT2D eigenvalue weighted by Crippen LogP contribution is -2.29. The first-order valence-electron chi connectivity index (χ1n) is 6.79. The van der Waals surface area contributed by atoms with E-state index in [1.54, 1.807) is 0 Å². The number of amides is 1. The maximum absolute atomic E-state index is 11.9. The molecule has 3 rings (SSSR count). The van der Waals surface area contributed by atoms with Crippen molar-refractivity contribution in [3.63, 3.8) is 0 Å². The average Bonchev–Trinajstić information content (AvgIpc) is 3.07. The molecule has 2 aromatic rings. The second kappa shape index (κ2) is 5.30. The second-order valence-electron chi connectivity index (χ2n) is 4.87. The van der Waals surface area contributed by atoms with Crippen LogP contribution in [0.2, 0.25) is 0 Å². The van der Waals surface area contributed by atoms with Crippen molar-refractivity contribution in [3.8, 4) is 0 Å². The fraction of sp³-hybridized carbons (Fsp3) is 0.429. The third-order valence-electron chi connectivity index (χ3n) is 3.48. The highest BCUT2D eigenvalue weighted by molar-refractivity contribution is 5.78. The van der Waals surface area contributed by atoms with Gasteiger partial charge in [-0.1, -0.05) is 12.1 Å². The molecule has 1 amide bonds. The Hall–Kier alpha value is -2.04. The van der Waals surface area contributed by atoms with Crippen LogP contribution in [0.15, 0.2) is 24.3 Å². The molecule has 0 spiro atoms. The number of anilines is 1. The Kier molecular flexibility index (Phi) is 3.35. The number of H-pyrrole nitrogens is 1. The maximum atomic E-state index is 11.9. The fourth-order valence-electron chi connectivity index (χ4n) is 2.45. The van der Waals surface area contributed by atoms with E-state index in [0.29, 0.717) is 13.0 Å². The number of nitrogens with zero attached hydrogens (tertiary/aromatic N) is 2. The highest BCUT2D eigenvalue weighted by Crippen LogP contribution is 2.13. The first kappa shape index (κ1) is 12.0. The Morgan fingerprint density at radius 3 is 2.89 bits per heavy atom. The summed E-state index contributed by atoms with van der Waals surface area (Å²) < 4.78 is 0. The zero-order chi connectivity index (χ0) is 13.1. The van der Waals surface area contributed by atoms with Crippen molar-refractivity contribution in [1.82, 2.24) is 14.9 Å². The summed E-state index contributed by atoms with van der Waals surface area (Å²) in [5.41, 5.74) is 1.95. The van der Waals surface area contributed by atoms with E-state index < -0.39 is 0 Å². The molecule has 0 unspecified atom stereocenters. The SMILES string of the molecule is O=C(CCNc1nc2ccccc2[nH]1)N1CCCC1. The van der Waals surface area contributed by atoms with Crippen LogP contribution in [0, 0.1) is 0 Å². The second-order valence-corrected chi connectivity index (χ2v) is 4.87. The van der Waals surface area contributed by atoms with Gasteiger partial charge in [-0.2, -0.15) is 0 Å². The number of aromatic nitrogens is 2. The van der Waals surface area contributed by atoms with Crippen LogP contribution < -0.4 is 5.32 Å². The zero-order valence-electron chi connectivity index (χ0n) is 10.9. The number of likely N-dealkylation sites (tertiary alicyclic amines) is 1. The van der Waals surface area contributed by atoms with Gasteiger partial charge in [0.15, 0.2) is 0 Å². The summed E-state index contributed by atoms with van der Waals surface area (Å²) in [6, 6.07) is 7.89. The number of imidazole rings is 1. The normalized spacial score (nSPS) is 15.1. The lowest BCUT2D eigenvalue weighted by Gasteiger charge is -2.14. The molecule has 0 radical (unpaired) electrons. The molecular formula is C14H18N4O. The van der Waals surface area contributed by atoms with Gasteiger partial charge in [-0.15, -0.1) is 0 Å². The molecule has 0 atom stereocenters. The number of carbonyl (C=O) groups excluding carboxylic acids is 1. The molecule has 1 aromatic carbocycles. The molecular weight excluding hydrogens is 240 g/mol. The minimum atomic E-state index is 0.237. The molecule has 1 saturated heterocycles. The van der Waals surface area contributed by atoms with E-state index >= 15 is 0 Å². The van der Waals surface area contributed by atoms with Crippen molar-refractivity contribution in [2.75, 3.05) is 25.0 Å². The molecule has 2 N–H and O–H groups in total. The van der Waals surface area contributed by atoms with Crippen molar-refractivity contribution in [2.24, 2.45) is 0 Å². The molecule has 19 heavy (non-hydrogen) atoms. The zero-order valence-corrected chi connectivity index (χ0v) is 10.9. The van der Waals surface area contributed by atoms with E-state index in [2.05, 4.69) is 15.3 Å². The van der Waals surface area contributed by atoms with E-state index in [4.69, 9.17) is 0 Å². The van der Waals surface area contributed by atoms with E-state index in [1.165, 1.54) is 0 Å². The lowest BCUT2D eigenvalue weighted by atomic mass is 10.3. The highest BCUT2D eigenvalue weighted by atomic mass is 16.2. The van der Waals surface area contributed by atoms with Gasteiger partial charge >= 0.3 is 0 Å². The molecule has 0 aliphatic carbocycles. The van der Waals surface area contributed by atoms with Gasteiger partial charge in [-0.25, -0.2) is 4.98 Å². The molecule has 5 heteroatoms. The largest absolute Gasteiger partial charge is 0.355 e. The Morgan fingerprint density at radius 2 is 2.11 bits per heavy atom. The number of rotatable bonds is 4. The summed E-state index contributed by atoms with van der Waals surface area (Å²) in [4.78, 5) is 21.4. The number of hydrogen-bond donors (Lipinski definition) is 2. The smallest absolute Gasteiger partial charge is 0.224 e. The predicted octanol–water partition coefficient (Wildman–Crippen LogP) is 1.99. The molecule has 5 nitrogen and oxygen atoms in total. The summed E-state index contributed by atoms with van der Waals surface area (Å²) in [5, 5.41) is 3.17. The van der Waals surface area contributed by atoms with Gasteiger partial charge in [0, 0.05) is 26.1 Å². The van der Waals surface area contributed by atoms with Gasteiger partial charge < -0.3 is 15.2 Å². The standard InChI is InChI=1S/C14H18N4O/c19-13(18-9-3-4-10-18)7-8-15-14-16-11-5-1-2-6-12(11)17-14/h1-2,5-6H,3-4,7-10H2,(H2,15,16,17). The average molecular weight is 258 g/mol. The topological polar surface area (TPSA) is 61.0 Å². The summed E-state index contributed by atoms with van der Waals surface area (Å²) >= 11 is 0. The van der Waals surface area contributed by atoms with Crippen molar-refractivity contribution in [2.45, 2.75) is 19.3 Å². The first-order chi connectivity index (χ1) is 9.33. The highest BCUT2D eigenvalue weighted by Gasteiger charge is 2.17. The lowest BCUT2D eigenvalue weighted by molar-refractivity contribution is -0.129. The molecule has 100 valence electrons. The van der Waals surface area contributed by atoms with Crippen molar-refractivity contribution in [1.29, 1.82) is 0 Å². The first-order valence-corrected chi connectivity index (χ1v) is 6.79. The van der Waals surface area contributed by atoms with Crippen LogP contribution in [0.4, 0.5) is 5.95 Å². The van der Waals surface area contributed by atoms with Crippen LogP contribution >= 0.6 is 0 Å². The molecule has 1 aromatic heterocycles. The summed E-state index contributed by atoms with van der Waals surface area (Å²) in [6.07, 6.45) is 2.81. The van der Waals surface area contributed by atoms with Gasteiger partial charge in [0.05, 0.1) is 11.0 Å². The molecule has 1 aliphatic rings. The number of nitrogens with one attached hydrogen (secondary N) is 2. The van der Waals surface area contributed by atoms with Crippen LogP contribution in [-0.2, 0) is 4.79 Å².